The van der Waals surface area contributed by atoms with Gasteiger partial charge in [-0.25, -0.2) is 4.79 Å². The van der Waals surface area contributed by atoms with Crippen LogP contribution in [0.4, 0.5) is 10.5 Å². The SMILES string of the molecule is C=NN(N=C)c1ccccc1C(=O)N1CCC2CCN(C(=O)OC(C)(C)C)C2C1. The van der Waals surface area contributed by atoms with E-state index in [-0.39, 0.29) is 18.0 Å². The van der Waals surface area contributed by atoms with Crippen LogP contribution in [0.2, 0.25) is 0 Å². The lowest BCUT2D eigenvalue weighted by molar-refractivity contribution is 0.0122. The Labute approximate surface area is 171 Å². The zero-order valence-corrected chi connectivity index (χ0v) is 17.4. The predicted octanol–water partition coefficient (Wildman–Crippen LogP) is 3.20. The van der Waals surface area contributed by atoms with Gasteiger partial charge in [0.2, 0.25) is 0 Å². The smallest absolute Gasteiger partial charge is 0.410 e. The summed E-state index contributed by atoms with van der Waals surface area (Å²) in [6, 6.07) is 7.08. The van der Waals surface area contributed by atoms with Gasteiger partial charge < -0.3 is 14.5 Å². The summed E-state index contributed by atoms with van der Waals surface area (Å²) in [6.45, 7) is 14.3. The molecule has 2 aliphatic rings. The Morgan fingerprint density at radius 1 is 1.14 bits per heavy atom. The van der Waals surface area contributed by atoms with Crippen LogP contribution in [0.15, 0.2) is 34.5 Å². The van der Waals surface area contributed by atoms with Gasteiger partial charge in [-0.2, -0.15) is 15.3 Å². The van der Waals surface area contributed by atoms with Gasteiger partial charge in [-0.15, -0.1) is 0 Å². The topological polar surface area (TPSA) is 77.8 Å². The van der Waals surface area contributed by atoms with Gasteiger partial charge >= 0.3 is 6.09 Å². The highest BCUT2D eigenvalue weighted by atomic mass is 16.6. The van der Waals surface area contributed by atoms with E-state index >= 15 is 0 Å². The molecule has 8 nitrogen and oxygen atoms in total. The number of hydrogen-bond donors (Lipinski definition) is 0. The number of likely N-dealkylation sites (tertiary alicyclic amines) is 2. The van der Waals surface area contributed by atoms with Crippen LogP contribution in [0.25, 0.3) is 0 Å². The van der Waals surface area contributed by atoms with Gasteiger partial charge in [-0.3, -0.25) is 4.79 Å². The minimum absolute atomic E-state index is 0.0270. The number of fused-ring (bicyclic) bond motifs is 1. The van der Waals surface area contributed by atoms with E-state index in [1.54, 1.807) is 28.0 Å². The van der Waals surface area contributed by atoms with Crippen molar-refractivity contribution < 1.29 is 14.3 Å². The summed E-state index contributed by atoms with van der Waals surface area (Å²) in [5.41, 5.74) is 0.463. The maximum absolute atomic E-state index is 13.3. The Kier molecular flexibility index (Phi) is 5.91. The predicted molar refractivity (Wildman–Crippen MR) is 113 cm³/mol. The van der Waals surface area contributed by atoms with Crippen LogP contribution in [0.3, 0.4) is 0 Å². The molecule has 29 heavy (non-hydrogen) atoms. The molecular formula is C21H29N5O3. The second kappa shape index (κ2) is 8.23. The first-order valence-corrected chi connectivity index (χ1v) is 9.86. The van der Waals surface area contributed by atoms with Gasteiger partial charge in [-0.05, 0) is 51.7 Å². The van der Waals surface area contributed by atoms with Crippen molar-refractivity contribution in [1.29, 1.82) is 0 Å². The van der Waals surface area contributed by atoms with E-state index in [9.17, 15) is 9.59 Å². The molecule has 0 saturated carbocycles. The first-order chi connectivity index (χ1) is 13.7. The van der Waals surface area contributed by atoms with E-state index in [2.05, 4.69) is 23.6 Å². The van der Waals surface area contributed by atoms with Crippen LogP contribution in [0, 0.1) is 5.92 Å². The second-order valence-corrected chi connectivity index (χ2v) is 8.42. The molecular weight excluding hydrogens is 370 g/mol. The Hall–Kier alpha value is -2.90. The number of piperidine rings is 1. The molecule has 3 rings (SSSR count). The average Bonchev–Trinajstić information content (AvgIpc) is 3.11. The van der Waals surface area contributed by atoms with Gasteiger partial charge in [0.15, 0.2) is 0 Å². The average molecular weight is 399 g/mol. The van der Waals surface area contributed by atoms with Crippen molar-refractivity contribution in [2.75, 3.05) is 24.8 Å². The Balaban J connectivity index is 1.78. The van der Waals surface area contributed by atoms with Crippen LogP contribution >= 0.6 is 0 Å². The van der Waals surface area contributed by atoms with Crippen LogP contribution in [0.5, 0.6) is 0 Å². The monoisotopic (exact) mass is 399 g/mol. The van der Waals surface area contributed by atoms with Gasteiger partial charge in [0, 0.05) is 33.1 Å². The normalized spacial score (nSPS) is 21.3. The second-order valence-electron chi connectivity index (χ2n) is 8.42. The molecule has 2 amide bonds. The van der Waals surface area contributed by atoms with E-state index in [4.69, 9.17) is 4.74 Å². The minimum Gasteiger partial charge on any atom is -0.444 e. The number of para-hydroxylation sites is 1. The standard InChI is InChI=1S/C21H29N5O3/c1-21(2,3)29-20(28)25-13-11-15-10-12-24(14-18(15)25)19(27)16-8-6-7-9-17(16)26(22-4)23-5/h6-9,15,18H,4-5,10-14H2,1-3H3. The van der Waals surface area contributed by atoms with E-state index in [0.29, 0.717) is 36.8 Å². The lowest BCUT2D eigenvalue weighted by Gasteiger charge is -2.39. The molecule has 0 aliphatic carbocycles. The number of nitrogens with zero attached hydrogens (tertiary/aromatic N) is 5. The maximum atomic E-state index is 13.3. The van der Waals surface area contributed by atoms with Crippen LogP contribution < -0.4 is 5.12 Å². The lowest BCUT2D eigenvalue weighted by atomic mass is 9.91. The molecule has 2 unspecified atom stereocenters. The van der Waals surface area contributed by atoms with Crippen molar-refractivity contribution >= 4 is 31.1 Å². The van der Waals surface area contributed by atoms with E-state index < -0.39 is 5.60 Å². The molecule has 0 bridgehead atoms. The van der Waals surface area contributed by atoms with Crippen LogP contribution in [-0.4, -0.2) is 66.5 Å². The Bertz CT molecular complexity index is 796. The molecule has 0 radical (unpaired) electrons. The highest BCUT2D eigenvalue weighted by Crippen LogP contribution is 2.34. The van der Waals surface area contributed by atoms with E-state index in [0.717, 1.165) is 12.8 Å². The molecule has 0 spiro atoms. The molecule has 1 aromatic rings. The minimum atomic E-state index is -0.545. The molecule has 0 aromatic heterocycles. The summed E-state index contributed by atoms with van der Waals surface area (Å²) in [6.07, 6.45) is 1.50. The number of ether oxygens (including phenoxy) is 1. The van der Waals surface area contributed by atoms with Crippen molar-refractivity contribution in [1.82, 2.24) is 9.80 Å². The Morgan fingerprint density at radius 3 is 2.45 bits per heavy atom. The third-order valence-electron chi connectivity index (χ3n) is 5.40. The molecule has 8 heteroatoms. The zero-order chi connectivity index (χ0) is 21.2. The number of rotatable bonds is 4. The molecule has 2 heterocycles. The van der Waals surface area contributed by atoms with Crippen LogP contribution in [0.1, 0.15) is 44.0 Å². The summed E-state index contributed by atoms with van der Waals surface area (Å²) < 4.78 is 5.57. The quantitative estimate of drug-likeness (QED) is 0.575. The number of hydrazone groups is 2. The van der Waals surface area contributed by atoms with Crippen molar-refractivity contribution in [3.63, 3.8) is 0 Å². The number of carbonyl (C=O) groups is 2. The molecule has 156 valence electrons. The van der Waals surface area contributed by atoms with E-state index in [1.165, 1.54) is 5.12 Å². The van der Waals surface area contributed by atoms with Crippen molar-refractivity contribution in [2.45, 2.75) is 45.3 Å². The summed E-state index contributed by atoms with van der Waals surface area (Å²) in [5.74, 6) is 0.274. The molecule has 2 atom stereocenters. The third kappa shape index (κ3) is 4.41. The molecule has 2 fully saturated rings. The van der Waals surface area contributed by atoms with Crippen molar-refractivity contribution in [3.05, 3.63) is 29.8 Å². The molecule has 1 aromatic carbocycles. The number of amides is 2. The molecule has 0 N–H and O–H groups in total. The number of anilines is 1. The number of benzene rings is 1. The zero-order valence-electron chi connectivity index (χ0n) is 17.4. The van der Waals surface area contributed by atoms with Gasteiger partial charge in [-0.1, -0.05) is 12.1 Å². The molecule has 2 aliphatic heterocycles. The first kappa shape index (κ1) is 20.8. The van der Waals surface area contributed by atoms with E-state index in [1.807, 2.05) is 26.8 Å². The third-order valence-corrected chi connectivity index (χ3v) is 5.40. The van der Waals surface area contributed by atoms with Crippen molar-refractivity contribution in [3.8, 4) is 0 Å². The summed E-state index contributed by atoms with van der Waals surface area (Å²) in [4.78, 5) is 29.5. The van der Waals surface area contributed by atoms with Gasteiger partial charge in [0.25, 0.3) is 5.91 Å². The number of carbonyl (C=O) groups excluding carboxylic acids is 2. The summed E-state index contributed by atoms with van der Waals surface area (Å²) in [5, 5.41) is 8.84. The summed E-state index contributed by atoms with van der Waals surface area (Å²) >= 11 is 0. The van der Waals surface area contributed by atoms with Gasteiger partial charge in [0.1, 0.15) is 5.60 Å². The fourth-order valence-corrected chi connectivity index (χ4v) is 4.07. The van der Waals surface area contributed by atoms with Crippen molar-refractivity contribution in [2.24, 2.45) is 16.1 Å². The van der Waals surface area contributed by atoms with Crippen LogP contribution in [-0.2, 0) is 4.74 Å². The highest BCUT2D eigenvalue weighted by molar-refractivity contribution is 6.00. The fraction of sp³-hybridized carbons (Fsp3) is 0.524. The first-order valence-electron chi connectivity index (χ1n) is 9.86. The largest absolute Gasteiger partial charge is 0.444 e. The Morgan fingerprint density at radius 2 is 1.79 bits per heavy atom. The molecule has 2 saturated heterocycles. The summed E-state index contributed by atoms with van der Waals surface area (Å²) in [7, 11) is 0. The highest BCUT2D eigenvalue weighted by Gasteiger charge is 2.43. The van der Waals surface area contributed by atoms with Gasteiger partial charge in [0.05, 0.1) is 17.3 Å². The fourth-order valence-electron chi connectivity index (χ4n) is 4.07. The maximum Gasteiger partial charge on any atom is 0.410 e. The number of hydrogen-bond acceptors (Lipinski definition) is 6. The lowest BCUT2D eigenvalue weighted by Crippen LogP contribution is -2.52.